The third-order valence-corrected chi connectivity index (χ3v) is 6.47. The lowest BCUT2D eigenvalue weighted by Crippen LogP contribution is -2.14. The summed E-state index contributed by atoms with van der Waals surface area (Å²) in [6, 6.07) is 22.9. The number of aromatic amines is 1. The number of methoxy groups -OCH3 is 1. The number of amides is 1. The van der Waals surface area contributed by atoms with Crippen LogP contribution in [-0.2, 0) is 25.7 Å². The summed E-state index contributed by atoms with van der Waals surface area (Å²) in [4.78, 5) is 40.1. The van der Waals surface area contributed by atoms with Gasteiger partial charge in [0.15, 0.2) is 0 Å². The van der Waals surface area contributed by atoms with E-state index in [1.54, 1.807) is 6.07 Å². The van der Waals surface area contributed by atoms with Crippen LogP contribution in [-0.4, -0.2) is 29.9 Å². The summed E-state index contributed by atoms with van der Waals surface area (Å²) in [7, 11) is 1.34. The highest BCUT2D eigenvalue weighted by Gasteiger charge is 2.43. The van der Waals surface area contributed by atoms with E-state index in [4.69, 9.17) is 9.47 Å². The lowest BCUT2D eigenvalue weighted by atomic mass is 10.0. The molecule has 1 saturated carbocycles. The minimum absolute atomic E-state index is 0.0126. The molecule has 1 aromatic heterocycles. The van der Waals surface area contributed by atoms with Crippen LogP contribution in [0.4, 0.5) is 5.69 Å². The standard InChI is InChI=1S/C29H26N2O5/c1-17(32)36-16-18-7-6-10-20(13-18)27-26(29(34)35-2)22-12-11-21(14-25(22)31-27)30-28(33)24-15-23(24)19-8-4-3-5-9-19/h3-14,23-24,31H,15-16H2,1-2H3,(H,30,33). The van der Waals surface area contributed by atoms with Gasteiger partial charge in [0, 0.05) is 29.4 Å². The van der Waals surface area contributed by atoms with E-state index >= 15 is 0 Å². The Bertz CT molecular complexity index is 1460. The van der Waals surface area contributed by atoms with Gasteiger partial charge in [0.25, 0.3) is 0 Å². The Morgan fingerprint density at radius 2 is 1.81 bits per heavy atom. The van der Waals surface area contributed by atoms with E-state index in [0.29, 0.717) is 27.8 Å². The second-order valence-corrected chi connectivity index (χ2v) is 8.96. The second kappa shape index (κ2) is 9.70. The van der Waals surface area contributed by atoms with Crippen molar-refractivity contribution in [1.82, 2.24) is 4.98 Å². The molecule has 0 spiro atoms. The van der Waals surface area contributed by atoms with E-state index in [2.05, 4.69) is 22.4 Å². The zero-order valence-corrected chi connectivity index (χ0v) is 20.0. The molecule has 5 rings (SSSR count). The van der Waals surface area contributed by atoms with Gasteiger partial charge in [-0.05, 0) is 53.3 Å². The number of carbonyl (C=O) groups is 3. The third kappa shape index (κ3) is 4.73. The summed E-state index contributed by atoms with van der Waals surface area (Å²) in [5.74, 6) is -0.648. The number of nitrogens with one attached hydrogen (secondary N) is 2. The molecule has 0 bridgehead atoms. The number of esters is 2. The van der Waals surface area contributed by atoms with Crippen molar-refractivity contribution in [2.24, 2.45) is 5.92 Å². The molecular weight excluding hydrogens is 456 g/mol. The molecule has 1 fully saturated rings. The van der Waals surface area contributed by atoms with Crippen LogP contribution in [0.1, 0.15) is 40.7 Å². The minimum Gasteiger partial charge on any atom is -0.465 e. The molecule has 7 heteroatoms. The number of H-pyrrole nitrogens is 1. The highest BCUT2D eigenvalue weighted by Crippen LogP contribution is 2.48. The molecule has 1 aliphatic rings. The molecule has 1 amide bonds. The maximum atomic E-state index is 12.9. The van der Waals surface area contributed by atoms with Gasteiger partial charge in [0.1, 0.15) is 6.61 Å². The highest BCUT2D eigenvalue weighted by molar-refractivity contribution is 6.11. The monoisotopic (exact) mass is 482 g/mol. The van der Waals surface area contributed by atoms with Crippen molar-refractivity contribution in [3.63, 3.8) is 0 Å². The van der Waals surface area contributed by atoms with Crippen LogP contribution in [0, 0.1) is 5.92 Å². The summed E-state index contributed by atoms with van der Waals surface area (Å²) in [5.41, 5.74) is 5.08. The first-order chi connectivity index (χ1) is 17.4. The second-order valence-electron chi connectivity index (χ2n) is 8.96. The Balaban J connectivity index is 1.42. The number of hydrogen-bond acceptors (Lipinski definition) is 5. The fourth-order valence-electron chi connectivity index (χ4n) is 4.60. The summed E-state index contributed by atoms with van der Waals surface area (Å²) in [6.07, 6.45) is 0.834. The Morgan fingerprint density at radius 1 is 1.00 bits per heavy atom. The number of hydrogen-bond donors (Lipinski definition) is 2. The number of fused-ring (bicyclic) bond motifs is 1. The van der Waals surface area contributed by atoms with Crippen molar-refractivity contribution in [2.45, 2.75) is 25.9 Å². The van der Waals surface area contributed by atoms with E-state index in [0.717, 1.165) is 17.5 Å². The smallest absolute Gasteiger partial charge is 0.340 e. The van der Waals surface area contributed by atoms with Crippen LogP contribution in [0.5, 0.6) is 0 Å². The zero-order valence-electron chi connectivity index (χ0n) is 20.0. The molecular formula is C29H26N2O5. The molecule has 3 aromatic carbocycles. The van der Waals surface area contributed by atoms with Gasteiger partial charge in [-0.25, -0.2) is 4.79 Å². The molecule has 2 unspecified atom stereocenters. The van der Waals surface area contributed by atoms with Crippen LogP contribution < -0.4 is 5.32 Å². The number of benzene rings is 3. The molecule has 0 radical (unpaired) electrons. The van der Waals surface area contributed by atoms with Gasteiger partial charge < -0.3 is 19.8 Å². The predicted molar refractivity (Wildman–Crippen MR) is 136 cm³/mol. The summed E-state index contributed by atoms with van der Waals surface area (Å²) in [5, 5.41) is 3.71. The number of aromatic nitrogens is 1. The van der Waals surface area contributed by atoms with Gasteiger partial charge in [-0.3, -0.25) is 9.59 Å². The van der Waals surface area contributed by atoms with Crippen molar-refractivity contribution in [1.29, 1.82) is 0 Å². The van der Waals surface area contributed by atoms with Gasteiger partial charge >= 0.3 is 11.9 Å². The van der Waals surface area contributed by atoms with Crippen LogP contribution in [0.25, 0.3) is 22.2 Å². The van der Waals surface area contributed by atoms with Gasteiger partial charge in [0.05, 0.1) is 18.4 Å². The average molecular weight is 483 g/mol. The minimum atomic E-state index is -0.470. The lowest BCUT2D eigenvalue weighted by molar-refractivity contribution is -0.142. The number of anilines is 1. The van der Waals surface area contributed by atoms with E-state index in [1.807, 2.05) is 54.6 Å². The first-order valence-electron chi connectivity index (χ1n) is 11.8. The number of ether oxygens (including phenoxy) is 2. The fourth-order valence-corrected chi connectivity index (χ4v) is 4.60. The Morgan fingerprint density at radius 3 is 2.56 bits per heavy atom. The first kappa shape index (κ1) is 23.4. The van der Waals surface area contributed by atoms with Crippen LogP contribution in [0.3, 0.4) is 0 Å². The molecule has 36 heavy (non-hydrogen) atoms. The molecule has 0 saturated heterocycles. The normalized spacial score (nSPS) is 16.4. The van der Waals surface area contributed by atoms with E-state index in [-0.39, 0.29) is 30.3 Å². The first-order valence-corrected chi connectivity index (χ1v) is 11.8. The SMILES string of the molecule is COC(=O)c1c(-c2cccc(COC(C)=O)c2)[nH]c2cc(NC(=O)C3CC3c3ccccc3)ccc12. The lowest BCUT2D eigenvalue weighted by Gasteiger charge is -2.07. The van der Waals surface area contributed by atoms with E-state index in [9.17, 15) is 14.4 Å². The summed E-state index contributed by atoms with van der Waals surface area (Å²) < 4.78 is 10.2. The Labute approximate surface area is 208 Å². The molecule has 2 N–H and O–H groups in total. The Hall–Kier alpha value is -4.39. The predicted octanol–water partition coefficient (Wildman–Crippen LogP) is 5.43. The van der Waals surface area contributed by atoms with Crippen molar-refractivity contribution in [3.05, 3.63) is 89.5 Å². The van der Waals surface area contributed by atoms with Crippen LogP contribution in [0.2, 0.25) is 0 Å². The van der Waals surface area contributed by atoms with Gasteiger partial charge in [0.2, 0.25) is 5.91 Å². The fraction of sp³-hybridized carbons (Fsp3) is 0.207. The van der Waals surface area contributed by atoms with Crippen molar-refractivity contribution in [2.75, 3.05) is 12.4 Å². The molecule has 4 aromatic rings. The van der Waals surface area contributed by atoms with E-state index in [1.165, 1.54) is 19.6 Å². The maximum absolute atomic E-state index is 12.9. The number of rotatable bonds is 7. The highest BCUT2D eigenvalue weighted by atomic mass is 16.5. The van der Waals surface area contributed by atoms with Gasteiger partial charge in [-0.15, -0.1) is 0 Å². The quantitative estimate of drug-likeness (QED) is 0.343. The van der Waals surface area contributed by atoms with Crippen molar-refractivity contribution >= 4 is 34.4 Å². The van der Waals surface area contributed by atoms with Crippen LogP contribution >= 0.6 is 0 Å². The Kier molecular flexibility index (Phi) is 6.29. The molecule has 1 heterocycles. The summed E-state index contributed by atoms with van der Waals surface area (Å²) in [6.45, 7) is 1.50. The topological polar surface area (TPSA) is 97.5 Å². The number of carbonyl (C=O) groups excluding carboxylic acids is 3. The molecule has 1 aliphatic carbocycles. The van der Waals surface area contributed by atoms with Crippen molar-refractivity contribution < 1.29 is 23.9 Å². The maximum Gasteiger partial charge on any atom is 0.340 e. The average Bonchev–Trinajstić information content (AvgIpc) is 3.61. The molecule has 0 aliphatic heterocycles. The van der Waals surface area contributed by atoms with E-state index < -0.39 is 5.97 Å². The zero-order chi connectivity index (χ0) is 25.2. The van der Waals surface area contributed by atoms with Gasteiger partial charge in [-0.2, -0.15) is 0 Å². The largest absolute Gasteiger partial charge is 0.465 e. The molecule has 7 nitrogen and oxygen atoms in total. The third-order valence-electron chi connectivity index (χ3n) is 6.47. The molecule has 2 atom stereocenters. The summed E-state index contributed by atoms with van der Waals surface area (Å²) >= 11 is 0. The molecule has 182 valence electrons. The van der Waals surface area contributed by atoms with Crippen LogP contribution in [0.15, 0.2) is 72.8 Å². The van der Waals surface area contributed by atoms with Crippen molar-refractivity contribution in [3.8, 4) is 11.3 Å². The van der Waals surface area contributed by atoms with Gasteiger partial charge in [-0.1, -0.05) is 48.5 Å².